The van der Waals surface area contributed by atoms with Gasteiger partial charge in [0.2, 0.25) is 5.95 Å². The second-order valence-corrected chi connectivity index (χ2v) is 7.77. The fraction of sp³-hybridized carbons (Fsp3) is 0.103. The highest BCUT2D eigenvalue weighted by atomic mass is 16.1. The summed E-state index contributed by atoms with van der Waals surface area (Å²) in [6.07, 6.45) is 5.63. The fourth-order valence-electron chi connectivity index (χ4n) is 3.30. The molecule has 0 radical (unpaired) electrons. The zero-order chi connectivity index (χ0) is 34.5. The van der Waals surface area contributed by atoms with E-state index < -0.39 is 59.8 Å². The number of carbonyl (C=O) groups excluding carboxylic acids is 1. The molecule has 0 aliphatic heterocycles. The Morgan fingerprint density at radius 1 is 1.08 bits per heavy atom. The first kappa shape index (κ1) is 13.3. The lowest BCUT2D eigenvalue weighted by molar-refractivity contribution is 0.102. The Morgan fingerprint density at radius 2 is 2.00 bits per heavy atom. The smallest absolute Gasteiger partial charge is 0.255 e. The number of pyridine rings is 1. The van der Waals surface area contributed by atoms with Crippen molar-refractivity contribution in [2.75, 3.05) is 10.6 Å². The SMILES string of the molecule is [2H]c1nc(Nc2c([2H])c(C(=O)Nc3c([2H])c(C)c([2H])c(-n4ccc(C)c4)c3[2H])c([2H])c([2H])c2C([2H])([2H])[2H])nc(-c2cccnc2)c1[2H]. The molecule has 3 aromatic heterocycles. The van der Waals surface area contributed by atoms with Crippen LogP contribution in [0.3, 0.4) is 0 Å². The number of nitrogens with zero attached hydrogens (tertiary/aromatic N) is 4. The molecule has 0 aliphatic rings. The van der Waals surface area contributed by atoms with E-state index in [1.54, 1.807) is 30.6 Å². The molecule has 5 rings (SSSR count). The first-order valence-electron chi connectivity index (χ1n) is 16.3. The van der Waals surface area contributed by atoms with Gasteiger partial charge in [-0.1, -0.05) is 6.04 Å². The molecule has 7 heteroatoms. The molecule has 3 heterocycles. The summed E-state index contributed by atoms with van der Waals surface area (Å²) in [5.74, 6) is -1.59. The van der Waals surface area contributed by atoms with E-state index in [2.05, 4.69) is 25.6 Å². The van der Waals surface area contributed by atoms with E-state index in [9.17, 15) is 4.79 Å². The van der Waals surface area contributed by atoms with Crippen LogP contribution in [-0.4, -0.2) is 25.4 Å². The van der Waals surface area contributed by atoms with Crippen molar-refractivity contribution in [2.24, 2.45) is 0 Å². The van der Waals surface area contributed by atoms with Crippen LogP contribution in [0.5, 0.6) is 0 Å². The first-order chi connectivity index (χ1) is 22.0. The Labute approximate surface area is 225 Å². The van der Waals surface area contributed by atoms with E-state index in [0.29, 0.717) is 5.56 Å². The molecule has 0 spiro atoms. The van der Waals surface area contributed by atoms with Gasteiger partial charge in [0.15, 0.2) is 0 Å². The van der Waals surface area contributed by atoms with Crippen molar-refractivity contribution in [1.29, 1.82) is 0 Å². The highest BCUT2D eigenvalue weighted by molar-refractivity contribution is 6.05. The third-order valence-corrected chi connectivity index (χ3v) is 4.96. The number of hydrogen-bond donors (Lipinski definition) is 2. The van der Waals surface area contributed by atoms with Crippen LogP contribution < -0.4 is 10.6 Å². The zero-order valence-corrected chi connectivity index (χ0v) is 19.2. The van der Waals surface area contributed by atoms with Crippen molar-refractivity contribution in [2.45, 2.75) is 20.7 Å². The number of anilines is 3. The third-order valence-electron chi connectivity index (χ3n) is 4.96. The fourth-order valence-corrected chi connectivity index (χ4v) is 3.30. The van der Waals surface area contributed by atoms with Crippen LogP contribution in [0.2, 0.25) is 0 Å². The lowest BCUT2D eigenvalue weighted by atomic mass is 10.1. The number of benzene rings is 2. The molecule has 0 fully saturated rings. The molecule has 0 unspecified atom stereocenters. The average molecular weight is 486 g/mol. The largest absolute Gasteiger partial charge is 0.324 e. The molecule has 1 amide bonds. The summed E-state index contributed by atoms with van der Waals surface area (Å²) < 4.78 is 93.9. The minimum atomic E-state index is -3.06. The molecule has 0 saturated heterocycles. The van der Waals surface area contributed by atoms with Gasteiger partial charge in [0.25, 0.3) is 5.91 Å². The molecule has 0 saturated carbocycles. The standard InChI is InChI=1S/C29H26N6O/c1-19-9-12-35(18-19)25-14-20(2)13-24(16-25)32-28(36)22-7-6-21(3)27(15-22)34-29-31-11-8-26(33-29)23-5-4-10-30-17-23/h4-18H,1-3H3,(H,32,36)(H,31,33,34)/i3D3,6D,7D,8D,11D,13D,14D,15D,16D. The Morgan fingerprint density at radius 3 is 2.78 bits per heavy atom. The molecular formula is C29H26N6O. The van der Waals surface area contributed by atoms with Gasteiger partial charge >= 0.3 is 0 Å². The van der Waals surface area contributed by atoms with Crippen molar-refractivity contribution in [3.8, 4) is 16.9 Å². The highest BCUT2D eigenvalue weighted by Gasteiger charge is 2.12. The van der Waals surface area contributed by atoms with Crippen molar-refractivity contribution in [3.63, 3.8) is 0 Å². The van der Waals surface area contributed by atoms with Gasteiger partial charge in [-0.15, -0.1) is 0 Å². The molecule has 178 valence electrons. The van der Waals surface area contributed by atoms with Crippen LogP contribution in [-0.2, 0) is 0 Å². The quantitative estimate of drug-likeness (QED) is 0.297. The minimum Gasteiger partial charge on any atom is -0.324 e. The maximum absolute atomic E-state index is 13.7. The van der Waals surface area contributed by atoms with Crippen molar-refractivity contribution < 1.29 is 19.9 Å². The van der Waals surface area contributed by atoms with Gasteiger partial charge in [-0.3, -0.25) is 9.78 Å². The van der Waals surface area contributed by atoms with Crippen molar-refractivity contribution in [3.05, 3.63) is 114 Å². The summed E-state index contributed by atoms with van der Waals surface area (Å²) in [6.45, 7) is 0.232. The number of hydrogen-bond acceptors (Lipinski definition) is 5. The maximum Gasteiger partial charge on any atom is 0.255 e. The van der Waals surface area contributed by atoms with Gasteiger partial charge in [0, 0.05) is 63.3 Å². The number of aromatic nitrogens is 4. The first-order valence-corrected chi connectivity index (χ1v) is 10.8. The second-order valence-electron chi connectivity index (χ2n) is 7.77. The van der Waals surface area contributed by atoms with Gasteiger partial charge in [-0.25, -0.2) is 9.97 Å². The van der Waals surface area contributed by atoms with E-state index >= 15 is 0 Å². The molecule has 2 aromatic carbocycles. The second kappa shape index (κ2) is 9.84. The molecule has 7 nitrogen and oxygen atoms in total. The third kappa shape index (κ3) is 5.15. The van der Waals surface area contributed by atoms with E-state index in [1.807, 2.05) is 6.92 Å². The highest BCUT2D eigenvalue weighted by Crippen LogP contribution is 2.24. The predicted molar refractivity (Wildman–Crippen MR) is 143 cm³/mol. The summed E-state index contributed by atoms with van der Waals surface area (Å²) in [4.78, 5) is 25.8. The van der Waals surface area contributed by atoms with Crippen LogP contribution >= 0.6 is 0 Å². The summed E-state index contributed by atoms with van der Waals surface area (Å²) in [7, 11) is 0. The summed E-state index contributed by atoms with van der Waals surface area (Å²) in [6, 6.07) is 1.10. The lowest BCUT2D eigenvalue weighted by Crippen LogP contribution is -2.13. The van der Waals surface area contributed by atoms with E-state index in [1.165, 1.54) is 23.9 Å². The van der Waals surface area contributed by atoms with Gasteiger partial charge in [-0.2, -0.15) is 0 Å². The number of rotatable bonds is 6. The van der Waals surface area contributed by atoms with Gasteiger partial charge in [0.1, 0.15) is 0 Å². The maximum atomic E-state index is 13.7. The number of amides is 1. The molecule has 0 atom stereocenters. The number of nitrogens with one attached hydrogen (secondary N) is 2. The van der Waals surface area contributed by atoms with Crippen LogP contribution in [0.15, 0.2) is 91.5 Å². The number of carbonyl (C=O) groups is 1. The van der Waals surface area contributed by atoms with Gasteiger partial charge in [-0.05, 0) is 91.8 Å². The Kier molecular flexibility index (Phi) is 3.65. The average Bonchev–Trinajstić information content (AvgIpc) is 3.44. The molecule has 0 aliphatic carbocycles. The predicted octanol–water partition coefficient (Wildman–Crippen LogP) is 6.25. The minimum absolute atomic E-state index is 0.0309. The molecule has 5 aromatic rings. The van der Waals surface area contributed by atoms with Gasteiger partial charge in [0.05, 0.1) is 16.7 Å². The van der Waals surface area contributed by atoms with Gasteiger partial charge < -0.3 is 15.2 Å². The summed E-state index contributed by atoms with van der Waals surface area (Å²) in [5, 5.41) is 4.94. The van der Waals surface area contributed by atoms with Crippen LogP contribution in [0.1, 0.15) is 42.1 Å². The van der Waals surface area contributed by atoms with E-state index in [0.717, 1.165) is 5.56 Å². The summed E-state index contributed by atoms with van der Waals surface area (Å²) >= 11 is 0. The van der Waals surface area contributed by atoms with Crippen molar-refractivity contribution in [1.82, 2.24) is 19.5 Å². The molecular weight excluding hydrogens is 448 g/mol. The molecule has 36 heavy (non-hydrogen) atoms. The van der Waals surface area contributed by atoms with Crippen LogP contribution in [0, 0.1) is 20.7 Å². The Bertz CT molecular complexity index is 2060. The van der Waals surface area contributed by atoms with Crippen LogP contribution in [0.4, 0.5) is 17.3 Å². The van der Waals surface area contributed by atoms with E-state index in [-0.39, 0.29) is 46.8 Å². The molecule has 0 bridgehead atoms. The summed E-state index contributed by atoms with van der Waals surface area (Å²) in [5.41, 5.74) is -1.08. The van der Waals surface area contributed by atoms with Crippen LogP contribution in [0.25, 0.3) is 16.9 Å². The number of aryl methyl sites for hydroxylation is 1. The Balaban J connectivity index is 1.66. The van der Waals surface area contributed by atoms with Crippen molar-refractivity contribution >= 4 is 23.2 Å². The molecule has 2 N–H and O–H groups in total. The topological polar surface area (TPSA) is 84.7 Å². The zero-order valence-electron chi connectivity index (χ0n) is 30.2. The Hall–Kier alpha value is -4.78. The lowest BCUT2D eigenvalue weighted by Gasteiger charge is -2.13. The normalized spacial score (nSPS) is 15.4. The monoisotopic (exact) mass is 485 g/mol. The van der Waals surface area contributed by atoms with E-state index in [4.69, 9.17) is 15.1 Å².